The molecule has 0 bridgehead atoms. The van der Waals surface area contributed by atoms with E-state index in [1.807, 2.05) is 20.1 Å². The van der Waals surface area contributed by atoms with Gasteiger partial charge in [-0.15, -0.1) is 0 Å². The van der Waals surface area contributed by atoms with Gasteiger partial charge >= 0.3 is 5.97 Å². The zero-order valence-electron chi connectivity index (χ0n) is 13.7. The van der Waals surface area contributed by atoms with Gasteiger partial charge in [0, 0.05) is 5.75 Å². The number of carboxylic acids is 1. The standard InChI is InChI=1S/C14H27N3O4S2/c1-4-8(2)11(13(19)16-10(7-22)14(20)21)17-12(18)9(15)5-6-23-3/h8-11,22H,4-7,15H2,1-3H3,(H,16,19)(H,17,18)(H,20,21)/t8-,9-,10-,11-/m0/s1. The number of carbonyl (C=O) groups excluding carboxylic acids is 2. The molecule has 7 nitrogen and oxygen atoms in total. The monoisotopic (exact) mass is 365 g/mol. The molecule has 0 aromatic heterocycles. The van der Waals surface area contributed by atoms with E-state index in [0.29, 0.717) is 12.8 Å². The number of hydrogen-bond acceptors (Lipinski definition) is 6. The van der Waals surface area contributed by atoms with E-state index in [-0.39, 0.29) is 11.7 Å². The number of aliphatic carboxylic acids is 1. The summed E-state index contributed by atoms with van der Waals surface area (Å²) >= 11 is 5.49. The first-order valence-corrected chi connectivity index (χ1v) is 9.49. The van der Waals surface area contributed by atoms with Crippen LogP contribution in [0.25, 0.3) is 0 Å². The maximum atomic E-state index is 12.3. The van der Waals surface area contributed by atoms with Crippen molar-refractivity contribution in [3.05, 3.63) is 0 Å². The molecule has 5 N–H and O–H groups in total. The molecule has 0 saturated heterocycles. The van der Waals surface area contributed by atoms with Gasteiger partial charge in [-0.25, -0.2) is 4.79 Å². The zero-order chi connectivity index (χ0) is 18.0. The number of carbonyl (C=O) groups is 3. The fourth-order valence-electron chi connectivity index (χ4n) is 1.79. The SMILES string of the molecule is CC[C@H](C)[C@H](NC(=O)[C@@H](N)CCSC)C(=O)N[C@@H](CS)C(=O)O. The van der Waals surface area contributed by atoms with Crippen molar-refractivity contribution in [1.82, 2.24) is 10.6 Å². The number of nitrogens with two attached hydrogens (primary N) is 1. The van der Waals surface area contributed by atoms with Crippen LogP contribution in [0, 0.1) is 5.92 Å². The van der Waals surface area contributed by atoms with Crippen LogP contribution in [0.4, 0.5) is 0 Å². The summed E-state index contributed by atoms with van der Waals surface area (Å²) in [7, 11) is 0. The molecule has 23 heavy (non-hydrogen) atoms. The lowest BCUT2D eigenvalue weighted by Crippen LogP contribution is -2.57. The van der Waals surface area contributed by atoms with Crippen LogP contribution in [0.3, 0.4) is 0 Å². The summed E-state index contributed by atoms with van der Waals surface area (Å²) < 4.78 is 0. The summed E-state index contributed by atoms with van der Waals surface area (Å²) in [6, 6.07) is -2.61. The summed E-state index contributed by atoms with van der Waals surface area (Å²) in [5.41, 5.74) is 5.81. The number of thioether (sulfide) groups is 1. The van der Waals surface area contributed by atoms with E-state index in [1.54, 1.807) is 11.8 Å². The molecule has 0 aliphatic carbocycles. The second kappa shape index (κ2) is 11.6. The second-order valence-electron chi connectivity index (χ2n) is 5.34. The van der Waals surface area contributed by atoms with Crippen LogP contribution in [0.5, 0.6) is 0 Å². The van der Waals surface area contributed by atoms with Gasteiger partial charge in [-0.3, -0.25) is 9.59 Å². The second-order valence-corrected chi connectivity index (χ2v) is 6.69. The molecule has 0 aliphatic heterocycles. The molecule has 0 fully saturated rings. The fraction of sp³-hybridized carbons (Fsp3) is 0.786. The van der Waals surface area contributed by atoms with Gasteiger partial charge in [0.15, 0.2) is 0 Å². The summed E-state index contributed by atoms with van der Waals surface area (Å²) in [4.78, 5) is 35.4. The Morgan fingerprint density at radius 2 is 1.87 bits per heavy atom. The highest BCUT2D eigenvalue weighted by atomic mass is 32.2. The zero-order valence-corrected chi connectivity index (χ0v) is 15.5. The van der Waals surface area contributed by atoms with Gasteiger partial charge in [0.2, 0.25) is 11.8 Å². The molecular formula is C14H27N3O4S2. The Morgan fingerprint density at radius 3 is 2.30 bits per heavy atom. The lowest BCUT2D eigenvalue weighted by atomic mass is 9.97. The van der Waals surface area contributed by atoms with E-state index in [4.69, 9.17) is 10.8 Å². The first-order valence-electron chi connectivity index (χ1n) is 7.47. The molecular weight excluding hydrogens is 338 g/mol. The van der Waals surface area contributed by atoms with Crippen molar-refractivity contribution in [1.29, 1.82) is 0 Å². The lowest BCUT2D eigenvalue weighted by molar-refractivity contribution is -0.141. The van der Waals surface area contributed by atoms with Crippen LogP contribution < -0.4 is 16.4 Å². The van der Waals surface area contributed by atoms with Crippen LogP contribution in [-0.4, -0.2) is 58.8 Å². The summed E-state index contributed by atoms with van der Waals surface area (Å²) in [5, 5.41) is 14.0. The number of carboxylic acid groups (broad SMARTS) is 1. The van der Waals surface area contributed by atoms with Crippen LogP contribution in [0.1, 0.15) is 26.7 Å². The van der Waals surface area contributed by atoms with E-state index >= 15 is 0 Å². The third-order valence-electron chi connectivity index (χ3n) is 3.56. The minimum Gasteiger partial charge on any atom is -0.480 e. The highest BCUT2D eigenvalue weighted by molar-refractivity contribution is 7.98. The van der Waals surface area contributed by atoms with Gasteiger partial charge in [0.05, 0.1) is 6.04 Å². The maximum absolute atomic E-state index is 12.3. The molecule has 0 heterocycles. The molecule has 0 rings (SSSR count). The normalized spacial score (nSPS) is 16.0. The molecule has 2 amide bonds. The Labute approximate surface area is 146 Å². The Balaban J connectivity index is 4.90. The quantitative estimate of drug-likeness (QED) is 0.331. The smallest absolute Gasteiger partial charge is 0.327 e. The van der Waals surface area contributed by atoms with Crippen molar-refractivity contribution < 1.29 is 19.5 Å². The van der Waals surface area contributed by atoms with Crippen molar-refractivity contribution in [2.24, 2.45) is 11.7 Å². The lowest BCUT2D eigenvalue weighted by Gasteiger charge is -2.26. The van der Waals surface area contributed by atoms with Crippen molar-refractivity contribution in [2.75, 3.05) is 17.8 Å². The number of thiol groups is 1. The summed E-state index contributed by atoms with van der Waals surface area (Å²) in [6.07, 6.45) is 3.08. The first-order chi connectivity index (χ1) is 10.8. The van der Waals surface area contributed by atoms with E-state index in [1.165, 1.54) is 0 Å². The predicted molar refractivity (Wildman–Crippen MR) is 95.8 cm³/mol. The van der Waals surface area contributed by atoms with Crippen molar-refractivity contribution in [3.63, 3.8) is 0 Å². The predicted octanol–water partition coefficient (Wildman–Crippen LogP) is 0.0969. The van der Waals surface area contributed by atoms with E-state index in [0.717, 1.165) is 5.75 Å². The van der Waals surface area contributed by atoms with Crippen molar-refractivity contribution in [3.8, 4) is 0 Å². The fourth-order valence-corrected chi connectivity index (χ4v) is 2.52. The number of rotatable bonds is 11. The molecule has 0 aromatic rings. The third-order valence-corrected chi connectivity index (χ3v) is 4.57. The first kappa shape index (κ1) is 22.1. The number of hydrogen-bond donors (Lipinski definition) is 5. The topological polar surface area (TPSA) is 122 Å². The molecule has 4 atom stereocenters. The Hall–Kier alpha value is -0.930. The van der Waals surface area contributed by atoms with Crippen LogP contribution in [0.2, 0.25) is 0 Å². The van der Waals surface area contributed by atoms with Gasteiger partial charge in [-0.1, -0.05) is 20.3 Å². The van der Waals surface area contributed by atoms with Crippen LogP contribution in [0.15, 0.2) is 0 Å². The number of amides is 2. The minimum absolute atomic E-state index is 0.0323. The highest BCUT2D eigenvalue weighted by Gasteiger charge is 2.30. The molecule has 134 valence electrons. The molecule has 0 radical (unpaired) electrons. The summed E-state index contributed by atoms with van der Waals surface area (Å²) in [5.74, 6) is -1.55. The third kappa shape index (κ3) is 7.94. The summed E-state index contributed by atoms with van der Waals surface area (Å²) in [6.45, 7) is 3.70. The van der Waals surface area contributed by atoms with Crippen molar-refractivity contribution in [2.45, 2.75) is 44.8 Å². The van der Waals surface area contributed by atoms with E-state index in [9.17, 15) is 14.4 Å². The molecule has 0 spiro atoms. The highest BCUT2D eigenvalue weighted by Crippen LogP contribution is 2.09. The van der Waals surface area contributed by atoms with Crippen molar-refractivity contribution >= 4 is 42.2 Å². The van der Waals surface area contributed by atoms with Gasteiger partial charge in [0.25, 0.3) is 0 Å². The molecule has 9 heteroatoms. The molecule has 0 aromatic carbocycles. The van der Waals surface area contributed by atoms with Gasteiger partial charge in [0.1, 0.15) is 12.1 Å². The number of nitrogens with one attached hydrogen (secondary N) is 2. The van der Waals surface area contributed by atoms with Gasteiger partial charge in [-0.2, -0.15) is 24.4 Å². The maximum Gasteiger partial charge on any atom is 0.327 e. The minimum atomic E-state index is -1.17. The average Bonchev–Trinajstić information content (AvgIpc) is 2.53. The van der Waals surface area contributed by atoms with Gasteiger partial charge in [-0.05, 0) is 24.3 Å². The Bertz CT molecular complexity index is 409. The molecule has 0 saturated carbocycles. The van der Waals surface area contributed by atoms with Crippen LogP contribution >= 0.6 is 24.4 Å². The Morgan fingerprint density at radius 1 is 1.26 bits per heavy atom. The average molecular weight is 366 g/mol. The molecule has 0 unspecified atom stereocenters. The largest absolute Gasteiger partial charge is 0.480 e. The van der Waals surface area contributed by atoms with Crippen LogP contribution in [-0.2, 0) is 14.4 Å². The van der Waals surface area contributed by atoms with Gasteiger partial charge < -0.3 is 21.5 Å². The molecule has 0 aliphatic rings. The Kier molecular flexibility index (Phi) is 11.1. The van der Waals surface area contributed by atoms with E-state index < -0.39 is 35.9 Å². The van der Waals surface area contributed by atoms with E-state index in [2.05, 4.69) is 23.3 Å².